The molecule has 0 aromatic carbocycles. The molecule has 114 valence electrons. The molecule has 1 aromatic rings. The van der Waals surface area contributed by atoms with Crippen molar-refractivity contribution in [2.24, 2.45) is 5.92 Å². The number of nitrogens with zero attached hydrogens (tertiary/aromatic N) is 2. The lowest BCUT2D eigenvalue weighted by molar-refractivity contribution is -0.137. The van der Waals surface area contributed by atoms with Crippen LogP contribution in [0.15, 0.2) is 17.5 Å². The van der Waals surface area contributed by atoms with E-state index in [1.54, 1.807) is 23.3 Å². The molecule has 0 spiro atoms. The molecule has 0 saturated carbocycles. The minimum atomic E-state index is -0.258. The Bertz CT molecular complexity index is 525. The van der Waals surface area contributed by atoms with E-state index in [4.69, 9.17) is 0 Å². The van der Waals surface area contributed by atoms with Gasteiger partial charge in [0, 0.05) is 38.0 Å². The third-order valence-electron chi connectivity index (χ3n) is 4.67. The van der Waals surface area contributed by atoms with Gasteiger partial charge in [0.1, 0.15) is 0 Å². The number of amides is 2. The van der Waals surface area contributed by atoms with Crippen LogP contribution in [0.25, 0.3) is 0 Å². The van der Waals surface area contributed by atoms with Crippen LogP contribution < -0.4 is 5.32 Å². The zero-order chi connectivity index (χ0) is 15.0. The summed E-state index contributed by atoms with van der Waals surface area (Å²) >= 11 is 1.61. The maximum atomic E-state index is 12.9. The number of nitrogens with one attached hydrogen (secondary N) is 1. The van der Waals surface area contributed by atoms with Crippen LogP contribution in [0.3, 0.4) is 0 Å². The SMILES string of the molecule is CN(C(=O)C1CC(=O)N(C)C1c1cccs1)C1CCNC1. The Labute approximate surface area is 128 Å². The van der Waals surface area contributed by atoms with Gasteiger partial charge in [0.2, 0.25) is 11.8 Å². The van der Waals surface area contributed by atoms with E-state index in [1.807, 2.05) is 29.5 Å². The highest BCUT2D eigenvalue weighted by atomic mass is 32.1. The molecular weight excluding hydrogens is 286 g/mol. The molecule has 1 aromatic heterocycles. The van der Waals surface area contributed by atoms with E-state index in [0.717, 1.165) is 24.4 Å². The first-order valence-corrected chi connectivity index (χ1v) is 8.24. The van der Waals surface area contributed by atoms with Crippen molar-refractivity contribution in [3.05, 3.63) is 22.4 Å². The smallest absolute Gasteiger partial charge is 0.228 e. The van der Waals surface area contributed by atoms with Gasteiger partial charge < -0.3 is 15.1 Å². The van der Waals surface area contributed by atoms with Crippen LogP contribution in [0.1, 0.15) is 23.8 Å². The summed E-state index contributed by atoms with van der Waals surface area (Å²) in [4.78, 5) is 29.6. The van der Waals surface area contributed by atoms with Crippen LogP contribution in [0.5, 0.6) is 0 Å². The summed E-state index contributed by atoms with van der Waals surface area (Å²) in [6.07, 6.45) is 1.31. The highest BCUT2D eigenvalue weighted by molar-refractivity contribution is 7.10. The minimum Gasteiger partial charge on any atom is -0.341 e. The Morgan fingerprint density at radius 3 is 2.95 bits per heavy atom. The van der Waals surface area contributed by atoms with Gasteiger partial charge in [0.15, 0.2) is 0 Å². The quantitative estimate of drug-likeness (QED) is 0.909. The largest absolute Gasteiger partial charge is 0.341 e. The number of likely N-dealkylation sites (N-methyl/N-ethyl adjacent to an activating group) is 1. The lowest BCUT2D eigenvalue weighted by atomic mass is 9.96. The van der Waals surface area contributed by atoms with E-state index in [2.05, 4.69) is 5.32 Å². The Balaban J connectivity index is 1.81. The van der Waals surface area contributed by atoms with Gasteiger partial charge in [0.25, 0.3) is 0 Å². The molecule has 2 aliphatic heterocycles. The van der Waals surface area contributed by atoms with Crippen LogP contribution >= 0.6 is 11.3 Å². The van der Waals surface area contributed by atoms with E-state index in [0.29, 0.717) is 6.42 Å². The zero-order valence-electron chi connectivity index (χ0n) is 12.4. The van der Waals surface area contributed by atoms with E-state index in [-0.39, 0.29) is 29.8 Å². The summed E-state index contributed by atoms with van der Waals surface area (Å²) in [5.41, 5.74) is 0. The van der Waals surface area contributed by atoms with Crippen molar-refractivity contribution in [2.75, 3.05) is 27.2 Å². The molecule has 3 atom stereocenters. The molecule has 0 aliphatic carbocycles. The maximum Gasteiger partial charge on any atom is 0.228 e. The molecule has 6 heteroatoms. The molecule has 3 unspecified atom stereocenters. The van der Waals surface area contributed by atoms with Crippen molar-refractivity contribution in [1.82, 2.24) is 15.1 Å². The fourth-order valence-electron chi connectivity index (χ4n) is 3.35. The van der Waals surface area contributed by atoms with Crippen LogP contribution in [-0.4, -0.2) is 54.8 Å². The van der Waals surface area contributed by atoms with E-state index in [1.165, 1.54) is 0 Å². The Hall–Kier alpha value is -1.40. The standard InChI is InChI=1S/C15H21N3O2S/c1-17(10-5-6-16-9-10)15(20)11-8-13(19)18(2)14(11)12-4-3-7-21-12/h3-4,7,10-11,14,16H,5-6,8-9H2,1-2H3. The molecule has 2 saturated heterocycles. The van der Waals surface area contributed by atoms with Gasteiger partial charge in [-0.2, -0.15) is 0 Å². The molecule has 2 fully saturated rings. The van der Waals surface area contributed by atoms with E-state index >= 15 is 0 Å². The summed E-state index contributed by atoms with van der Waals surface area (Å²) < 4.78 is 0. The van der Waals surface area contributed by atoms with E-state index in [9.17, 15) is 9.59 Å². The van der Waals surface area contributed by atoms with Gasteiger partial charge in [-0.15, -0.1) is 11.3 Å². The fourth-order valence-corrected chi connectivity index (χ4v) is 4.28. The van der Waals surface area contributed by atoms with Gasteiger partial charge in [-0.25, -0.2) is 0 Å². The predicted octanol–water partition coefficient (Wildman–Crippen LogP) is 1.09. The molecule has 3 heterocycles. The second-order valence-corrected chi connectivity index (χ2v) is 6.85. The van der Waals surface area contributed by atoms with Crippen molar-refractivity contribution < 1.29 is 9.59 Å². The molecule has 3 rings (SSSR count). The zero-order valence-corrected chi connectivity index (χ0v) is 13.2. The van der Waals surface area contributed by atoms with Crippen LogP contribution in [0.2, 0.25) is 0 Å². The molecule has 0 bridgehead atoms. The van der Waals surface area contributed by atoms with Gasteiger partial charge in [-0.05, 0) is 24.4 Å². The number of rotatable bonds is 3. The van der Waals surface area contributed by atoms with Crippen molar-refractivity contribution >= 4 is 23.2 Å². The highest BCUT2D eigenvalue weighted by Crippen LogP contribution is 2.40. The first-order valence-electron chi connectivity index (χ1n) is 7.36. The molecule has 5 nitrogen and oxygen atoms in total. The molecule has 0 radical (unpaired) electrons. The van der Waals surface area contributed by atoms with Crippen LogP contribution in [0, 0.1) is 5.92 Å². The average molecular weight is 307 g/mol. The first kappa shape index (κ1) is 14.5. The fraction of sp³-hybridized carbons (Fsp3) is 0.600. The second-order valence-electron chi connectivity index (χ2n) is 5.87. The normalized spacial score (nSPS) is 29.1. The number of thiophene rings is 1. The number of carbonyl (C=O) groups excluding carboxylic acids is 2. The molecule has 1 N–H and O–H groups in total. The van der Waals surface area contributed by atoms with Gasteiger partial charge >= 0.3 is 0 Å². The minimum absolute atomic E-state index is 0.0599. The van der Waals surface area contributed by atoms with Gasteiger partial charge in [0.05, 0.1) is 12.0 Å². The molecule has 2 aliphatic rings. The summed E-state index contributed by atoms with van der Waals surface area (Å²) in [5.74, 6) is -0.101. The molecular formula is C15H21N3O2S. The van der Waals surface area contributed by atoms with E-state index < -0.39 is 0 Å². The Morgan fingerprint density at radius 1 is 1.52 bits per heavy atom. The Morgan fingerprint density at radius 2 is 2.33 bits per heavy atom. The van der Waals surface area contributed by atoms with Crippen LogP contribution in [0.4, 0.5) is 0 Å². The first-order chi connectivity index (χ1) is 10.1. The molecule has 2 amide bonds. The van der Waals surface area contributed by atoms with Crippen molar-refractivity contribution in [1.29, 1.82) is 0 Å². The lowest BCUT2D eigenvalue weighted by Crippen LogP contribution is -2.43. The maximum absolute atomic E-state index is 12.9. The number of carbonyl (C=O) groups is 2. The third kappa shape index (κ3) is 2.58. The number of likely N-dealkylation sites (tertiary alicyclic amines) is 1. The summed E-state index contributed by atoms with van der Waals surface area (Å²) in [6, 6.07) is 4.13. The van der Waals surface area contributed by atoms with Crippen molar-refractivity contribution in [2.45, 2.75) is 24.9 Å². The molecule has 21 heavy (non-hydrogen) atoms. The second kappa shape index (κ2) is 5.77. The monoisotopic (exact) mass is 307 g/mol. The summed E-state index contributed by atoms with van der Waals surface area (Å²) in [7, 11) is 3.67. The lowest BCUT2D eigenvalue weighted by Gasteiger charge is -2.30. The topological polar surface area (TPSA) is 52.7 Å². The van der Waals surface area contributed by atoms with Gasteiger partial charge in [-0.3, -0.25) is 9.59 Å². The van der Waals surface area contributed by atoms with Crippen molar-refractivity contribution in [3.63, 3.8) is 0 Å². The summed E-state index contributed by atoms with van der Waals surface area (Å²) in [5, 5.41) is 5.28. The summed E-state index contributed by atoms with van der Waals surface area (Å²) in [6.45, 7) is 1.81. The van der Waals surface area contributed by atoms with Crippen molar-refractivity contribution in [3.8, 4) is 0 Å². The van der Waals surface area contributed by atoms with Gasteiger partial charge in [-0.1, -0.05) is 6.07 Å². The Kier molecular flexibility index (Phi) is 3.99. The average Bonchev–Trinajstić information content (AvgIpc) is 3.19. The number of hydrogen-bond acceptors (Lipinski definition) is 4. The predicted molar refractivity (Wildman–Crippen MR) is 82.0 cm³/mol. The van der Waals surface area contributed by atoms with Crippen LogP contribution in [-0.2, 0) is 9.59 Å². The third-order valence-corrected chi connectivity index (χ3v) is 5.61. The number of hydrogen-bond donors (Lipinski definition) is 1. The highest BCUT2D eigenvalue weighted by Gasteiger charge is 2.45.